The van der Waals surface area contributed by atoms with Crippen LogP contribution in [-0.4, -0.2) is 48.3 Å². The first-order valence-electron chi connectivity index (χ1n) is 10.5. The Labute approximate surface area is 174 Å². The number of aromatic amines is 1. The molecule has 3 aromatic heterocycles. The molecule has 5 heterocycles. The minimum atomic E-state index is 0.317. The van der Waals surface area contributed by atoms with Crippen LogP contribution in [0.4, 0.5) is 5.82 Å². The Bertz CT molecular complexity index is 1180. The van der Waals surface area contributed by atoms with E-state index in [0.717, 1.165) is 51.9 Å². The molecule has 1 aromatic carbocycles. The van der Waals surface area contributed by atoms with Crippen LogP contribution >= 0.6 is 0 Å². The van der Waals surface area contributed by atoms with Gasteiger partial charge in [0.25, 0.3) is 0 Å². The smallest absolute Gasteiger partial charge is 0.151 e. The van der Waals surface area contributed by atoms with Crippen molar-refractivity contribution in [2.45, 2.75) is 43.8 Å². The van der Waals surface area contributed by atoms with Gasteiger partial charge in [0, 0.05) is 47.9 Å². The van der Waals surface area contributed by atoms with Gasteiger partial charge in [-0.3, -0.25) is 9.78 Å². The summed E-state index contributed by atoms with van der Waals surface area (Å²) in [6.07, 6.45) is 10.1. The molecular formula is C22H24N8. The van der Waals surface area contributed by atoms with Crippen LogP contribution in [0.5, 0.6) is 0 Å². The Morgan fingerprint density at radius 2 is 1.80 bits per heavy atom. The van der Waals surface area contributed by atoms with Crippen molar-refractivity contribution in [3.63, 3.8) is 0 Å². The molecule has 2 aliphatic rings. The fourth-order valence-corrected chi connectivity index (χ4v) is 5.35. The molecule has 4 aromatic rings. The Morgan fingerprint density at radius 1 is 1.00 bits per heavy atom. The lowest BCUT2D eigenvalue weighted by atomic mass is 9.98. The van der Waals surface area contributed by atoms with Gasteiger partial charge in [-0.2, -0.15) is 10.2 Å². The molecule has 0 spiro atoms. The second kappa shape index (κ2) is 6.63. The summed E-state index contributed by atoms with van der Waals surface area (Å²) in [5.74, 6) is 0.967. The molecule has 0 saturated carbocycles. The minimum absolute atomic E-state index is 0.317. The highest BCUT2D eigenvalue weighted by molar-refractivity contribution is 6.02. The topological polar surface area (TPSA) is 102 Å². The van der Waals surface area contributed by atoms with Gasteiger partial charge < -0.3 is 10.6 Å². The van der Waals surface area contributed by atoms with Crippen molar-refractivity contribution in [2.75, 3.05) is 4.90 Å². The highest BCUT2D eigenvalue weighted by Crippen LogP contribution is 2.39. The molecule has 152 valence electrons. The highest BCUT2D eigenvalue weighted by Gasteiger charge is 2.40. The molecular weight excluding hydrogens is 376 g/mol. The first kappa shape index (κ1) is 17.6. The Hall–Kier alpha value is -3.26. The average molecular weight is 400 g/mol. The van der Waals surface area contributed by atoms with E-state index in [4.69, 9.17) is 5.73 Å². The van der Waals surface area contributed by atoms with Gasteiger partial charge in [0.15, 0.2) is 5.82 Å². The van der Waals surface area contributed by atoms with E-state index in [1.807, 2.05) is 30.3 Å². The summed E-state index contributed by atoms with van der Waals surface area (Å²) in [4.78, 5) is 2.45. The number of nitrogens with two attached hydrogens (primary N) is 1. The van der Waals surface area contributed by atoms with Crippen molar-refractivity contribution in [3.05, 3.63) is 42.9 Å². The Morgan fingerprint density at radius 3 is 2.50 bits per heavy atom. The van der Waals surface area contributed by atoms with Gasteiger partial charge >= 0.3 is 0 Å². The number of anilines is 1. The van der Waals surface area contributed by atoms with Crippen LogP contribution in [0.1, 0.15) is 25.7 Å². The first-order valence-corrected chi connectivity index (χ1v) is 10.5. The molecule has 2 saturated heterocycles. The molecule has 30 heavy (non-hydrogen) atoms. The van der Waals surface area contributed by atoms with Crippen LogP contribution in [-0.2, 0) is 7.05 Å². The van der Waals surface area contributed by atoms with Crippen LogP contribution in [0.2, 0.25) is 0 Å². The number of hydrogen-bond acceptors (Lipinski definition) is 6. The second-order valence-corrected chi connectivity index (χ2v) is 8.48. The molecule has 0 aliphatic carbocycles. The normalized spacial score (nSPS) is 23.4. The number of aromatic nitrogens is 6. The number of piperidine rings is 1. The fourth-order valence-electron chi connectivity index (χ4n) is 5.35. The van der Waals surface area contributed by atoms with Gasteiger partial charge in [-0.25, -0.2) is 0 Å². The SMILES string of the molecule is Cn1ncc2c(-c3cn[nH]c3)ccc(-c3ccc(N4C5CCC4CC(N)C5)nn3)c21. The summed E-state index contributed by atoms with van der Waals surface area (Å²) in [6.45, 7) is 0. The number of H-pyrrole nitrogens is 1. The maximum atomic E-state index is 6.22. The van der Waals surface area contributed by atoms with Crippen molar-refractivity contribution in [1.29, 1.82) is 0 Å². The predicted octanol–water partition coefficient (Wildman–Crippen LogP) is 2.88. The molecule has 2 unspecified atom stereocenters. The van der Waals surface area contributed by atoms with E-state index in [0.29, 0.717) is 18.1 Å². The van der Waals surface area contributed by atoms with Gasteiger partial charge in [-0.1, -0.05) is 6.07 Å². The average Bonchev–Trinajstić information content (AvgIpc) is 3.48. The monoisotopic (exact) mass is 400 g/mol. The summed E-state index contributed by atoms with van der Waals surface area (Å²) in [7, 11) is 1.96. The Balaban J connectivity index is 1.39. The second-order valence-electron chi connectivity index (χ2n) is 8.48. The van der Waals surface area contributed by atoms with E-state index in [-0.39, 0.29) is 0 Å². The first-order chi connectivity index (χ1) is 14.7. The number of aryl methyl sites for hydroxylation is 1. The standard InChI is InChI=1S/C22H24N8/c1-29-22-18(5-4-17(19(22)12-26-29)13-10-24-25-11-13)20-6-7-21(28-27-20)30-15-2-3-16(30)9-14(23)8-15/h4-7,10-12,14-16H,2-3,8-9,23H2,1H3,(H,24,25). The van der Waals surface area contributed by atoms with Crippen LogP contribution in [0.25, 0.3) is 33.3 Å². The molecule has 0 amide bonds. The molecule has 2 fully saturated rings. The molecule has 6 rings (SSSR count). The van der Waals surface area contributed by atoms with Crippen LogP contribution < -0.4 is 10.6 Å². The van der Waals surface area contributed by atoms with Crippen molar-refractivity contribution in [1.82, 2.24) is 30.2 Å². The quantitative estimate of drug-likeness (QED) is 0.548. The molecule has 8 nitrogen and oxygen atoms in total. The highest BCUT2D eigenvalue weighted by atomic mass is 15.3. The van der Waals surface area contributed by atoms with E-state index in [1.165, 1.54) is 12.8 Å². The number of nitrogens with one attached hydrogen (secondary N) is 1. The van der Waals surface area contributed by atoms with Crippen molar-refractivity contribution >= 4 is 16.7 Å². The number of benzene rings is 1. The van der Waals surface area contributed by atoms with E-state index in [2.05, 4.69) is 54.7 Å². The number of nitrogens with zero attached hydrogens (tertiary/aromatic N) is 6. The summed E-state index contributed by atoms with van der Waals surface area (Å²) in [5, 5.41) is 21.8. The van der Waals surface area contributed by atoms with E-state index in [9.17, 15) is 0 Å². The van der Waals surface area contributed by atoms with Gasteiger partial charge in [-0.15, -0.1) is 10.2 Å². The lowest BCUT2D eigenvalue weighted by molar-refractivity contribution is 0.411. The summed E-state index contributed by atoms with van der Waals surface area (Å²) >= 11 is 0. The Kier molecular flexibility index (Phi) is 3.89. The van der Waals surface area contributed by atoms with Crippen molar-refractivity contribution in [3.8, 4) is 22.4 Å². The fraction of sp³-hybridized carbons (Fsp3) is 0.364. The minimum Gasteiger partial charge on any atom is -0.349 e. The van der Waals surface area contributed by atoms with E-state index in [1.54, 1.807) is 0 Å². The van der Waals surface area contributed by atoms with Gasteiger partial charge in [0.05, 0.1) is 23.6 Å². The lowest BCUT2D eigenvalue weighted by Crippen LogP contribution is -2.47. The molecule has 0 radical (unpaired) electrons. The van der Waals surface area contributed by atoms with Gasteiger partial charge in [0.1, 0.15) is 0 Å². The molecule has 3 N–H and O–H groups in total. The zero-order valence-corrected chi connectivity index (χ0v) is 16.9. The largest absolute Gasteiger partial charge is 0.349 e. The number of fused-ring (bicyclic) bond motifs is 3. The van der Waals surface area contributed by atoms with Gasteiger partial charge in [0.2, 0.25) is 0 Å². The summed E-state index contributed by atoms with van der Waals surface area (Å²) in [6, 6.07) is 9.70. The third-order valence-electron chi connectivity index (χ3n) is 6.67. The number of rotatable bonds is 3. The van der Waals surface area contributed by atoms with Crippen LogP contribution in [0.3, 0.4) is 0 Å². The third kappa shape index (κ3) is 2.64. The van der Waals surface area contributed by atoms with Gasteiger partial charge in [-0.05, 0) is 49.4 Å². The molecule has 8 heteroatoms. The zero-order valence-electron chi connectivity index (χ0n) is 16.9. The third-order valence-corrected chi connectivity index (χ3v) is 6.67. The molecule has 2 atom stereocenters. The summed E-state index contributed by atoms with van der Waals surface area (Å²) < 4.78 is 1.90. The van der Waals surface area contributed by atoms with Crippen molar-refractivity contribution in [2.24, 2.45) is 12.8 Å². The van der Waals surface area contributed by atoms with E-state index >= 15 is 0 Å². The maximum Gasteiger partial charge on any atom is 0.151 e. The maximum absolute atomic E-state index is 6.22. The molecule has 2 bridgehead atoms. The van der Waals surface area contributed by atoms with Crippen LogP contribution in [0.15, 0.2) is 42.9 Å². The van der Waals surface area contributed by atoms with Crippen molar-refractivity contribution < 1.29 is 0 Å². The van der Waals surface area contributed by atoms with E-state index < -0.39 is 0 Å². The van der Waals surface area contributed by atoms with Crippen LogP contribution in [0, 0.1) is 0 Å². The predicted molar refractivity (Wildman–Crippen MR) is 116 cm³/mol. The lowest BCUT2D eigenvalue weighted by Gasteiger charge is -2.38. The summed E-state index contributed by atoms with van der Waals surface area (Å²) in [5.41, 5.74) is 11.3. The molecule has 2 aliphatic heterocycles. The zero-order chi connectivity index (χ0) is 20.2. The number of hydrogen-bond donors (Lipinski definition) is 2.